The van der Waals surface area contributed by atoms with Crippen molar-refractivity contribution < 1.29 is 9.84 Å². The molecule has 2 bridgehead atoms. The number of aromatic nitrogens is 2. The van der Waals surface area contributed by atoms with Crippen LogP contribution in [0.4, 0.5) is 0 Å². The molecule has 3 aromatic rings. The van der Waals surface area contributed by atoms with Gasteiger partial charge in [-0.1, -0.05) is 19.3 Å². The van der Waals surface area contributed by atoms with E-state index in [1.165, 1.54) is 30.6 Å². The molecule has 7 heteroatoms. The van der Waals surface area contributed by atoms with E-state index in [9.17, 15) is 9.90 Å². The van der Waals surface area contributed by atoms with Crippen LogP contribution in [0.25, 0.3) is 15.9 Å². The number of benzene rings is 1. The summed E-state index contributed by atoms with van der Waals surface area (Å²) in [5, 5.41) is 10.9. The van der Waals surface area contributed by atoms with Gasteiger partial charge in [0.1, 0.15) is 22.9 Å². The Balaban J connectivity index is 1.19. The molecule has 4 heterocycles. The van der Waals surface area contributed by atoms with Crippen LogP contribution in [0.2, 0.25) is 0 Å². The number of fused-ring (bicyclic) bond motifs is 3. The van der Waals surface area contributed by atoms with Gasteiger partial charge in [0.05, 0.1) is 16.8 Å². The van der Waals surface area contributed by atoms with Crippen molar-refractivity contribution in [3.05, 3.63) is 51.9 Å². The zero-order chi connectivity index (χ0) is 23.3. The monoisotopic (exact) mass is 479 g/mol. The minimum Gasteiger partial charge on any atom is -0.490 e. The summed E-state index contributed by atoms with van der Waals surface area (Å²) in [7, 11) is 2.24. The average Bonchev–Trinajstić information content (AvgIpc) is 3.30. The predicted octanol–water partition coefficient (Wildman–Crippen LogP) is 4.69. The molecule has 0 amide bonds. The first-order valence-corrected chi connectivity index (χ1v) is 13.5. The molecule has 180 valence electrons. The third-order valence-electron chi connectivity index (χ3n) is 8.25. The van der Waals surface area contributed by atoms with Crippen LogP contribution in [0.5, 0.6) is 5.75 Å². The van der Waals surface area contributed by atoms with Crippen molar-refractivity contribution in [2.75, 3.05) is 7.05 Å². The summed E-state index contributed by atoms with van der Waals surface area (Å²) >= 11 is 1.47. The Bertz CT molecular complexity index is 1210. The van der Waals surface area contributed by atoms with E-state index in [1.54, 1.807) is 10.9 Å². The quantitative estimate of drug-likeness (QED) is 0.575. The van der Waals surface area contributed by atoms with E-state index in [0.29, 0.717) is 23.2 Å². The number of aliphatic hydroxyl groups is 1. The Labute approximate surface area is 204 Å². The molecule has 2 aliphatic heterocycles. The maximum atomic E-state index is 13.3. The molecule has 2 saturated heterocycles. The molecule has 1 aromatic carbocycles. The van der Waals surface area contributed by atoms with Crippen LogP contribution in [0.1, 0.15) is 62.7 Å². The van der Waals surface area contributed by atoms with Crippen molar-refractivity contribution in [2.45, 2.75) is 88.0 Å². The van der Waals surface area contributed by atoms with Gasteiger partial charge in [-0.3, -0.25) is 9.36 Å². The minimum absolute atomic E-state index is 0.0579. The molecule has 1 aliphatic carbocycles. The van der Waals surface area contributed by atoms with Gasteiger partial charge in [-0.05, 0) is 75.9 Å². The van der Waals surface area contributed by atoms with Crippen LogP contribution in [0.3, 0.4) is 0 Å². The zero-order valence-corrected chi connectivity index (χ0v) is 20.6. The van der Waals surface area contributed by atoms with Gasteiger partial charge in [-0.25, -0.2) is 4.98 Å². The SMILES string of the molecule is CN1[C@@H]2CC[C@H]1CC(Oc1ccc(-n3cnc4cc(CC5(O)CCCCC5)sc4c3=O)cc1)C2. The molecular weight excluding hydrogens is 446 g/mol. The van der Waals surface area contributed by atoms with Crippen LogP contribution < -0.4 is 10.3 Å². The second-order valence-electron chi connectivity index (χ2n) is 10.6. The summed E-state index contributed by atoms with van der Waals surface area (Å²) in [6, 6.07) is 11.1. The number of rotatable bonds is 5. The lowest BCUT2D eigenvalue weighted by Crippen LogP contribution is -2.43. The number of hydrogen-bond donors (Lipinski definition) is 1. The Kier molecular flexibility index (Phi) is 5.74. The van der Waals surface area contributed by atoms with Gasteiger partial charge in [0.2, 0.25) is 0 Å². The van der Waals surface area contributed by atoms with E-state index in [1.807, 2.05) is 30.3 Å². The molecule has 6 nitrogen and oxygen atoms in total. The maximum absolute atomic E-state index is 13.3. The number of ether oxygens (including phenoxy) is 1. The molecule has 2 aromatic heterocycles. The van der Waals surface area contributed by atoms with E-state index in [2.05, 4.69) is 16.9 Å². The molecule has 3 aliphatic rings. The van der Waals surface area contributed by atoms with Gasteiger partial charge in [-0.2, -0.15) is 0 Å². The minimum atomic E-state index is -0.638. The molecule has 3 atom stereocenters. The number of thiophene rings is 1. The van der Waals surface area contributed by atoms with Crippen molar-refractivity contribution >= 4 is 21.6 Å². The van der Waals surface area contributed by atoms with Gasteiger partial charge in [0.15, 0.2) is 0 Å². The largest absolute Gasteiger partial charge is 0.490 e. The van der Waals surface area contributed by atoms with Crippen molar-refractivity contribution in [1.29, 1.82) is 0 Å². The Morgan fingerprint density at radius 3 is 2.53 bits per heavy atom. The average molecular weight is 480 g/mol. The van der Waals surface area contributed by atoms with Gasteiger partial charge in [0, 0.05) is 23.4 Å². The van der Waals surface area contributed by atoms with E-state index < -0.39 is 5.60 Å². The molecular formula is C27H33N3O3S. The highest BCUT2D eigenvalue weighted by atomic mass is 32.1. The molecule has 34 heavy (non-hydrogen) atoms. The lowest BCUT2D eigenvalue weighted by molar-refractivity contribution is 0.00520. The molecule has 3 fully saturated rings. The van der Waals surface area contributed by atoms with Crippen molar-refractivity contribution in [3.63, 3.8) is 0 Å². The fourth-order valence-electron chi connectivity index (χ4n) is 6.28. The lowest BCUT2D eigenvalue weighted by atomic mass is 9.82. The van der Waals surface area contributed by atoms with Gasteiger partial charge in [0.25, 0.3) is 5.56 Å². The summed E-state index contributed by atoms with van der Waals surface area (Å²) in [5.74, 6) is 0.860. The van der Waals surface area contributed by atoms with E-state index in [0.717, 1.165) is 60.4 Å². The Hall–Kier alpha value is -2.22. The predicted molar refractivity (Wildman–Crippen MR) is 135 cm³/mol. The van der Waals surface area contributed by atoms with E-state index in [-0.39, 0.29) is 11.7 Å². The van der Waals surface area contributed by atoms with E-state index in [4.69, 9.17) is 4.74 Å². The summed E-state index contributed by atoms with van der Waals surface area (Å²) in [4.78, 5) is 21.4. The molecule has 1 saturated carbocycles. The highest BCUT2D eigenvalue weighted by Crippen LogP contribution is 2.36. The number of hydrogen-bond acceptors (Lipinski definition) is 6. The third kappa shape index (κ3) is 4.18. The smallest absolute Gasteiger partial charge is 0.275 e. The van der Waals surface area contributed by atoms with Crippen LogP contribution in [0, 0.1) is 0 Å². The second kappa shape index (κ2) is 8.77. The third-order valence-corrected chi connectivity index (χ3v) is 9.36. The normalized spacial score (nSPS) is 26.7. The summed E-state index contributed by atoms with van der Waals surface area (Å²) in [6.07, 6.45) is 12.3. The fourth-order valence-corrected chi connectivity index (χ4v) is 7.45. The molecule has 1 N–H and O–H groups in total. The van der Waals surface area contributed by atoms with Gasteiger partial charge >= 0.3 is 0 Å². The van der Waals surface area contributed by atoms with Crippen molar-refractivity contribution in [2.24, 2.45) is 0 Å². The highest BCUT2D eigenvalue weighted by molar-refractivity contribution is 7.18. The second-order valence-corrected chi connectivity index (χ2v) is 11.7. The Morgan fingerprint density at radius 1 is 1.12 bits per heavy atom. The molecule has 0 spiro atoms. The lowest BCUT2D eigenvalue weighted by Gasteiger charge is -2.36. The van der Waals surface area contributed by atoms with Crippen LogP contribution in [-0.2, 0) is 6.42 Å². The maximum Gasteiger partial charge on any atom is 0.275 e. The summed E-state index contributed by atoms with van der Waals surface area (Å²) in [5.41, 5.74) is 0.812. The number of piperidine rings is 1. The first-order chi connectivity index (χ1) is 16.5. The van der Waals surface area contributed by atoms with Gasteiger partial charge < -0.3 is 14.7 Å². The highest BCUT2D eigenvalue weighted by Gasteiger charge is 2.39. The molecule has 1 unspecified atom stereocenters. The first-order valence-electron chi connectivity index (χ1n) is 12.7. The Morgan fingerprint density at radius 2 is 1.82 bits per heavy atom. The van der Waals surface area contributed by atoms with E-state index >= 15 is 0 Å². The summed E-state index contributed by atoms with van der Waals surface area (Å²) in [6.45, 7) is 0. The van der Waals surface area contributed by atoms with Crippen LogP contribution >= 0.6 is 11.3 Å². The van der Waals surface area contributed by atoms with Crippen LogP contribution in [0.15, 0.2) is 41.5 Å². The number of nitrogens with zero attached hydrogens (tertiary/aromatic N) is 3. The van der Waals surface area contributed by atoms with Crippen molar-refractivity contribution in [1.82, 2.24) is 14.5 Å². The summed E-state index contributed by atoms with van der Waals surface area (Å²) < 4.78 is 8.57. The topological polar surface area (TPSA) is 67.6 Å². The fraction of sp³-hybridized carbons (Fsp3) is 0.556. The standard InChI is InChI=1S/C27H33N3O3S/c1-29-19-5-6-20(29)14-22(13-19)33-21-9-7-18(8-10-21)30-17-28-24-15-23(34-25(24)26(30)31)16-27(32)11-3-2-4-12-27/h7-10,15,17,19-20,22,32H,2-6,11-14,16H2,1H3/t19-,20+,22?. The molecule has 0 radical (unpaired) electrons. The van der Waals surface area contributed by atoms with Crippen LogP contribution in [-0.4, -0.2) is 50.4 Å². The zero-order valence-electron chi connectivity index (χ0n) is 19.8. The molecule has 6 rings (SSSR count). The first kappa shape index (κ1) is 22.3. The van der Waals surface area contributed by atoms with Crippen molar-refractivity contribution in [3.8, 4) is 11.4 Å². The van der Waals surface area contributed by atoms with Gasteiger partial charge in [-0.15, -0.1) is 11.3 Å².